The summed E-state index contributed by atoms with van der Waals surface area (Å²) in [4.78, 5) is 16.8. The van der Waals surface area contributed by atoms with Crippen LogP contribution in [0.15, 0.2) is 72.9 Å². The first-order valence-electron chi connectivity index (χ1n) is 7.83. The van der Waals surface area contributed by atoms with Crippen LogP contribution < -0.4 is 10.1 Å². The maximum atomic E-state index is 12.7. The molecule has 0 saturated carbocycles. The van der Waals surface area contributed by atoms with Gasteiger partial charge in [-0.25, -0.2) is 4.98 Å². The van der Waals surface area contributed by atoms with E-state index >= 15 is 0 Å². The van der Waals surface area contributed by atoms with E-state index in [2.05, 4.69) is 10.3 Å². The van der Waals surface area contributed by atoms with Gasteiger partial charge in [0.15, 0.2) is 0 Å². The molecule has 0 bridgehead atoms. The first-order chi connectivity index (χ1) is 11.8. The molecule has 1 aromatic heterocycles. The van der Waals surface area contributed by atoms with E-state index in [1.807, 2.05) is 61.5 Å². The minimum absolute atomic E-state index is 0.241. The van der Waals surface area contributed by atoms with Crippen LogP contribution in [0.5, 0.6) is 5.88 Å². The van der Waals surface area contributed by atoms with E-state index in [9.17, 15) is 4.79 Å². The molecular formula is C20H18N2O2. The van der Waals surface area contributed by atoms with Gasteiger partial charge in [-0.1, -0.05) is 48.5 Å². The van der Waals surface area contributed by atoms with Gasteiger partial charge < -0.3 is 10.1 Å². The number of hydrogen-bond acceptors (Lipinski definition) is 3. The van der Waals surface area contributed by atoms with Crippen molar-refractivity contribution < 1.29 is 9.53 Å². The van der Waals surface area contributed by atoms with E-state index in [4.69, 9.17) is 4.74 Å². The number of anilines is 1. The number of pyridine rings is 1. The molecule has 0 spiro atoms. The van der Waals surface area contributed by atoms with E-state index in [0.29, 0.717) is 18.1 Å². The summed E-state index contributed by atoms with van der Waals surface area (Å²) in [5.74, 6) is 0.102. The third kappa shape index (κ3) is 3.43. The van der Waals surface area contributed by atoms with Crippen molar-refractivity contribution in [1.82, 2.24) is 4.98 Å². The number of benzene rings is 2. The molecule has 3 rings (SSSR count). The Kier molecular flexibility index (Phi) is 4.87. The third-order valence-corrected chi connectivity index (χ3v) is 3.56. The van der Waals surface area contributed by atoms with Gasteiger partial charge in [0.1, 0.15) is 5.56 Å². The van der Waals surface area contributed by atoms with Gasteiger partial charge in [-0.15, -0.1) is 0 Å². The summed E-state index contributed by atoms with van der Waals surface area (Å²) in [5, 5.41) is 2.97. The van der Waals surface area contributed by atoms with Crippen LogP contribution in [0.2, 0.25) is 0 Å². The molecule has 0 fully saturated rings. The standard InChI is InChI=1S/C20H18N2O2/c1-2-24-20-17(12-8-14-21-20)19(23)22-18-13-7-6-11-16(18)15-9-4-3-5-10-15/h3-14H,2H2,1H3,(H,22,23). The lowest BCUT2D eigenvalue weighted by Crippen LogP contribution is -2.15. The lowest BCUT2D eigenvalue weighted by Gasteiger charge is -2.13. The molecule has 3 aromatic rings. The summed E-state index contributed by atoms with van der Waals surface area (Å²) in [6.07, 6.45) is 1.61. The Morgan fingerprint density at radius 1 is 1.00 bits per heavy atom. The van der Waals surface area contributed by atoms with Crippen LogP contribution in [-0.2, 0) is 0 Å². The number of aromatic nitrogens is 1. The van der Waals surface area contributed by atoms with Crippen LogP contribution in [0.4, 0.5) is 5.69 Å². The first kappa shape index (κ1) is 15.7. The summed E-state index contributed by atoms with van der Waals surface area (Å²) in [6, 6.07) is 21.1. The molecule has 1 N–H and O–H groups in total. The third-order valence-electron chi connectivity index (χ3n) is 3.56. The van der Waals surface area contributed by atoms with Gasteiger partial charge >= 0.3 is 0 Å². The van der Waals surface area contributed by atoms with Gasteiger partial charge in [-0.05, 0) is 30.7 Å². The van der Waals surface area contributed by atoms with Crippen molar-refractivity contribution in [3.63, 3.8) is 0 Å². The number of nitrogens with zero attached hydrogens (tertiary/aromatic N) is 1. The van der Waals surface area contributed by atoms with Gasteiger partial charge in [0.25, 0.3) is 5.91 Å². The molecule has 0 atom stereocenters. The van der Waals surface area contributed by atoms with Crippen molar-refractivity contribution in [3.05, 3.63) is 78.5 Å². The Hall–Kier alpha value is -3.14. The second kappa shape index (κ2) is 7.42. The fourth-order valence-electron chi connectivity index (χ4n) is 2.47. The molecule has 24 heavy (non-hydrogen) atoms. The fraction of sp³-hybridized carbons (Fsp3) is 0.100. The van der Waals surface area contributed by atoms with Crippen molar-refractivity contribution in [1.29, 1.82) is 0 Å². The predicted molar refractivity (Wildman–Crippen MR) is 95.2 cm³/mol. The van der Waals surface area contributed by atoms with Crippen LogP contribution >= 0.6 is 0 Å². The Morgan fingerprint density at radius 2 is 1.75 bits per heavy atom. The second-order valence-electron chi connectivity index (χ2n) is 5.15. The number of carbonyl (C=O) groups is 1. The summed E-state index contributed by atoms with van der Waals surface area (Å²) < 4.78 is 5.44. The minimum atomic E-state index is -0.241. The van der Waals surface area contributed by atoms with Crippen molar-refractivity contribution in [2.24, 2.45) is 0 Å². The van der Waals surface area contributed by atoms with Gasteiger partial charge in [-0.2, -0.15) is 0 Å². The van der Waals surface area contributed by atoms with Crippen molar-refractivity contribution in [3.8, 4) is 17.0 Å². The Labute approximate surface area is 141 Å². The number of amides is 1. The molecule has 4 heteroatoms. The predicted octanol–water partition coefficient (Wildman–Crippen LogP) is 4.40. The van der Waals surface area contributed by atoms with Crippen LogP contribution in [0.25, 0.3) is 11.1 Å². The number of ether oxygens (including phenoxy) is 1. The van der Waals surface area contributed by atoms with E-state index in [0.717, 1.165) is 16.8 Å². The first-order valence-corrected chi connectivity index (χ1v) is 7.83. The van der Waals surface area contributed by atoms with Crippen LogP contribution in [-0.4, -0.2) is 17.5 Å². The molecule has 0 saturated heterocycles. The number of rotatable bonds is 5. The number of para-hydroxylation sites is 1. The average molecular weight is 318 g/mol. The minimum Gasteiger partial charge on any atom is -0.477 e. The highest BCUT2D eigenvalue weighted by atomic mass is 16.5. The van der Waals surface area contributed by atoms with Crippen molar-refractivity contribution in [2.45, 2.75) is 6.92 Å². The van der Waals surface area contributed by atoms with E-state index in [1.54, 1.807) is 18.3 Å². The Balaban J connectivity index is 1.91. The Morgan fingerprint density at radius 3 is 2.54 bits per heavy atom. The zero-order valence-corrected chi connectivity index (χ0v) is 13.4. The van der Waals surface area contributed by atoms with Crippen LogP contribution in [0.3, 0.4) is 0 Å². The van der Waals surface area contributed by atoms with E-state index < -0.39 is 0 Å². The van der Waals surface area contributed by atoms with Gasteiger partial charge in [-0.3, -0.25) is 4.79 Å². The molecule has 1 amide bonds. The molecule has 0 radical (unpaired) electrons. The zero-order valence-electron chi connectivity index (χ0n) is 13.4. The average Bonchev–Trinajstić information content (AvgIpc) is 2.63. The largest absolute Gasteiger partial charge is 0.477 e. The quantitative estimate of drug-likeness (QED) is 0.758. The monoisotopic (exact) mass is 318 g/mol. The molecule has 2 aromatic carbocycles. The molecule has 4 nitrogen and oxygen atoms in total. The van der Waals surface area contributed by atoms with Crippen LogP contribution in [0.1, 0.15) is 17.3 Å². The van der Waals surface area contributed by atoms with Gasteiger partial charge in [0, 0.05) is 17.4 Å². The number of nitrogens with one attached hydrogen (secondary N) is 1. The van der Waals surface area contributed by atoms with Crippen molar-refractivity contribution >= 4 is 11.6 Å². The topological polar surface area (TPSA) is 51.2 Å². The molecule has 0 aliphatic heterocycles. The molecule has 1 heterocycles. The number of carbonyl (C=O) groups excluding carboxylic acids is 1. The SMILES string of the molecule is CCOc1ncccc1C(=O)Nc1ccccc1-c1ccccc1. The maximum absolute atomic E-state index is 12.7. The summed E-state index contributed by atoms with van der Waals surface area (Å²) in [5.41, 5.74) is 3.18. The smallest absolute Gasteiger partial charge is 0.261 e. The molecular weight excluding hydrogens is 300 g/mol. The Bertz CT molecular complexity index is 832. The molecule has 0 aliphatic rings. The lowest BCUT2D eigenvalue weighted by molar-refractivity contribution is 0.102. The van der Waals surface area contributed by atoms with Gasteiger partial charge in [0.2, 0.25) is 5.88 Å². The van der Waals surface area contributed by atoms with Crippen molar-refractivity contribution in [2.75, 3.05) is 11.9 Å². The second-order valence-corrected chi connectivity index (χ2v) is 5.15. The molecule has 120 valence electrons. The van der Waals surface area contributed by atoms with E-state index in [-0.39, 0.29) is 5.91 Å². The highest BCUT2D eigenvalue weighted by Crippen LogP contribution is 2.28. The number of hydrogen-bond donors (Lipinski definition) is 1. The normalized spacial score (nSPS) is 10.2. The molecule has 0 aliphatic carbocycles. The lowest BCUT2D eigenvalue weighted by atomic mass is 10.0. The van der Waals surface area contributed by atoms with E-state index in [1.165, 1.54) is 0 Å². The zero-order chi connectivity index (χ0) is 16.8. The summed E-state index contributed by atoms with van der Waals surface area (Å²) in [7, 11) is 0. The van der Waals surface area contributed by atoms with Gasteiger partial charge in [0.05, 0.1) is 6.61 Å². The van der Waals surface area contributed by atoms with Crippen LogP contribution in [0, 0.1) is 0 Å². The summed E-state index contributed by atoms with van der Waals surface area (Å²) >= 11 is 0. The molecule has 0 unspecified atom stereocenters. The summed E-state index contributed by atoms with van der Waals surface area (Å²) in [6.45, 7) is 2.32. The fourth-order valence-corrected chi connectivity index (χ4v) is 2.47. The maximum Gasteiger partial charge on any atom is 0.261 e. The highest BCUT2D eigenvalue weighted by Gasteiger charge is 2.15. The highest BCUT2D eigenvalue weighted by molar-refractivity contribution is 6.07.